The Labute approximate surface area is 284 Å². The second-order valence-electron chi connectivity index (χ2n) is 17.3. The number of carbonyl (C=O) groups is 7. The maximum Gasteiger partial charge on any atom is 0.315 e. The number of nitrogens with two attached hydrogens (primary N) is 1. The van der Waals surface area contributed by atoms with Gasteiger partial charge in [0, 0.05) is 25.9 Å². The third kappa shape index (κ3) is 8.02. The van der Waals surface area contributed by atoms with Crippen LogP contribution in [0.3, 0.4) is 0 Å². The lowest BCUT2D eigenvalue weighted by atomic mass is 9.75. The van der Waals surface area contributed by atoms with Gasteiger partial charge in [-0.1, -0.05) is 74.7 Å². The predicted molar refractivity (Wildman–Crippen MR) is 178 cm³/mol. The fourth-order valence-electron chi connectivity index (χ4n) is 7.94. The molecule has 2 unspecified atom stereocenters. The molecule has 13 nitrogen and oxygen atoms in total. The minimum Gasteiger partial charge on any atom is -0.363 e. The molecule has 4 aliphatic rings. The summed E-state index contributed by atoms with van der Waals surface area (Å²) in [7, 11) is 0. The number of fused-ring (bicyclic) bond motifs is 1. The van der Waals surface area contributed by atoms with E-state index >= 15 is 0 Å². The quantitative estimate of drug-likeness (QED) is 0.191. The SMILES string of the molecule is CC(C)(C)[C@H](NC(=O)N[C@H](CN1C(=O)CCC1=O)C(C)(C)C)C(=O)N1CC2CCC(C)(C)[C@@H]2[C@H]1C(=O)NC(CC1CCC1)C(=O)C(N)=O. The van der Waals surface area contributed by atoms with Crippen LogP contribution in [0.1, 0.15) is 107 Å². The number of rotatable bonds is 11. The minimum absolute atomic E-state index is 0.0155. The topological polar surface area (TPSA) is 188 Å². The van der Waals surface area contributed by atoms with Gasteiger partial charge in [0.25, 0.3) is 5.91 Å². The zero-order valence-corrected chi connectivity index (χ0v) is 29.9. The highest BCUT2D eigenvalue weighted by atomic mass is 16.2. The van der Waals surface area contributed by atoms with E-state index in [1.165, 1.54) is 4.90 Å². The monoisotopic (exact) mass is 672 g/mol. The van der Waals surface area contributed by atoms with E-state index in [1.54, 1.807) is 4.90 Å². The third-order valence-corrected chi connectivity index (χ3v) is 11.2. The van der Waals surface area contributed by atoms with Crippen LogP contribution < -0.4 is 21.7 Å². The summed E-state index contributed by atoms with van der Waals surface area (Å²) in [6.45, 7) is 15.7. The maximum atomic E-state index is 14.6. The molecule has 6 atom stereocenters. The van der Waals surface area contributed by atoms with Crippen LogP contribution in [0.25, 0.3) is 0 Å². The molecule has 7 amide bonds. The van der Waals surface area contributed by atoms with Crippen LogP contribution in [0, 0.1) is 34.0 Å². The Morgan fingerprint density at radius 1 is 0.896 bits per heavy atom. The Morgan fingerprint density at radius 2 is 1.50 bits per heavy atom. The molecule has 48 heavy (non-hydrogen) atoms. The van der Waals surface area contributed by atoms with Gasteiger partial charge in [0.2, 0.25) is 29.4 Å². The number of carbonyl (C=O) groups excluding carboxylic acids is 7. The highest BCUT2D eigenvalue weighted by Gasteiger charge is 2.58. The molecule has 0 radical (unpaired) electrons. The molecule has 2 saturated carbocycles. The van der Waals surface area contributed by atoms with E-state index in [4.69, 9.17) is 5.73 Å². The molecule has 4 fully saturated rings. The molecule has 4 rings (SSSR count). The number of nitrogens with zero attached hydrogens (tertiary/aromatic N) is 2. The highest BCUT2D eigenvalue weighted by molar-refractivity contribution is 6.37. The number of likely N-dealkylation sites (tertiary alicyclic amines) is 2. The minimum atomic E-state index is -1.10. The summed E-state index contributed by atoms with van der Waals surface area (Å²) in [4.78, 5) is 94.6. The largest absolute Gasteiger partial charge is 0.363 e. The molecular weight excluding hydrogens is 616 g/mol. The van der Waals surface area contributed by atoms with E-state index in [0.29, 0.717) is 13.0 Å². The molecule has 2 heterocycles. The Kier molecular flexibility index (Phi) is 10.7. The first-order valence-corrected chi connectivity index (χ1v) is 17.5. The second kappa shape index (κ2) is 13.8. The number of ketones is 1. The van der Waals surface area contributed by atoms with Gasteiger partial charge >= 0.3 is 6.03 Å². The lowest BCUT2D eigenvalue weighted by Crippen LogP contribution is -2.62. The number of nitrogens with one attached hydrogen (secondary N) is 3. The Morgan fingerprint density at radius 3 is 2.00 bits per heavy atom. The van der Waals surface area contributed by atoms with Gasteiger partial charge in [-0.25, -0.2) is 4.79 Å². The number of Topliss-reactive ketones (excluding diaryl/α,β-unsaturated/α-hetero) is 1. The molecule has 13 heteroatoms. The van der Waals surface area contributed by atoms with Crippen LogP contribution in [0.2, 0.25) is 0 Å². The standard InChI is InChI=1S/C35H56N6O7/c1-33(2,3)22(18-40-23(42)12-13-24(40)43)38-32(48)39-28(34(4,5)6)31(47)41-17-20-14-15-35(7,8)25(20)26(41)30(46)37-21(27(44)29(36)45)16-19-10-9-11-19/h19-22,25-26,28H,9-18H2,1-8H3,(H2,36,45)(H,37,46)(H2,38,39,48)/t20?,21?,22-,25+,26+,28-/m1/s1. The fourth-order valence-corrected chi connectivity index (χ4v) is 7.94. The van der Waals surface area contributed by atoms with Crippen molar-refractivity contribution >= 4 is 41.4 Å². The Hall–Kier alpha value is -3.51. The summed E-state index contributed by atoms with van der Waals surface area (Å²) in [6.07, 6.45) is 5.15. The smallest absolute Gasteiger partial charge is 0.315 e. The summed E-state index contributed by atoms with van der Waals surface area (Å²) in [6, 6.07) is -4.24. The molecular formula is C35H56N6O7. The number of hydrogen-bond acceptors (Lipinski definition) is 7. The van der Waals surface area contributed by atoms with Gasteiger partial charge in [0.05, 0.1) is 12.1 Å². The molecule has 0 bridgehead atoms. The van der Waals surface area contributed by atoms with Crippen LogP contribution in [-0.2, 0) is 28.8 Å². The maximum absolute atomic E-state index is 14.6. The van der Waals surface area contributed by atoms with Gasteiger partial charge in [-0.3, -0.25) is 33.7 Å². The molecule has 0 aromatic heterocycles. The summed E-state index contributed by atoms with van der Waals surface area (Å²) in [5.41, 5.74) is 3.81. The average Bonchev–Trinajstić information content (AvgIpc) is 3.58. The molecule has 268 valence electrons. The number of imide groups is 1. The number of urea groups is 1. The molecule has 0 aromatic rings. The molecule has 2 aliphatic carbocycles. The molecule has 2 saturated heterocycles. The van der Waals surface area contributed by atoms with E-state index < -0.39 is 64.5 Å². The van der Waals surface area contributed by atoms with Crippen LogP contribution in [-0.4, -0.2) is 88.4 Å². The van der Waals surface area contributed by atoms with Crippen molar-refractivity contribution in [3.8, 4) is 0 Å². The number of hydrogen-bond donors (Lipinski definition) is 4. The van der Waals surface area contributed by atoms with Crippen LogP contribution in [0.15, 0.2) is 0 Å². The van der Waals surface area contributed by atoms with Crippen molar-refractivity contribution in [1.82, 2.24) is 25.8 Å². The van der Waals surface area contributed by atoms with Gasteiger partial charge in [0.1, 0.15) is 12.1 Å². The highest BCUT2D eigenvalue weighted by Crippen LogP contribution is 2.53. The average molecular weight is 673 g/mol. The third-order valence-electron chi connectivity index (χ3n) is 11.2. The summed E-state index contributed by atoms with van der Waals surface area (Å²) in [5.74, 6) is -3.35. The van der Waals surface area contributed by atoms with Crippen molar-refractivity contribution in [3.63, 3.8) is 0 Å². The number of primary amides is 1. The van der Waals surface area contributed by atoms with Gasteiger partial charge in [-0.2, -0.15) is 0 Å². The van der Waals surface area contributed by atoms with Crippen molar-refractivity contribution < 1.29 is 33.6 Å². The lowest BCUT2D eigenvalue weighted by molar-refractivity contribution is -0.145. The summed E-state index contributed by atoms with van der Waals surface area (Å²) < 4.78 is 0. The van der Waals surface area contributed by atoms with Gasteiger partial charge in [0.15, 0.2) is 0 Å². The van der Waals surface area contributed by atoms with E-state index in [-0.39, 0.29) is 54.4 Å². The van der Waals surface area contributed by atoms with Crippen molar-refractivity contribution in [2.24, 2.45) is 39.7 Å². The second-order valence-corrected chi connectivity index (χ2v) is 17.3. The fraction of sp³-hybridized carbons (Fsp3) is 0.800. The lowest BCUT2D eigenvalue weighted by Gasteiger charge is -2.39. The molecule has 5 N–H and O–H groups in total. The van der Waals surface area contributed by atoms with Gasteiger partial charge in [-0.15, -0.1) is 0 Å². The Bertz CT molecular complexity index is 1310. The summed E-state index contributed by atoms with van der Waals surface area (Å²) >= 11 is 0. The van der Waals surface area contributed by atoms with Crippen LogP contribution in [0.4, 0.5) is 4.79 Å². The normalized spacial score (nSPS) is 26.0. The van der Waals surface area contributed by atoms with Crippen molar-refractivity contribution in [3.05, 3.63) is 0 Å². The van der Waals surface area contributed by atoms with E-state index in [0.717, 1.165) is 32.1 Å². The van der Waals surface area contributed by atoms with Crippen molar-refractivity contribution in [2.45, 2.75) is 131 Å². The van der Waals surface area contributed by atoms with E-state index in [1.807, 2.05) is 41.5 Å². The first-order valence-electron chi connectivity index (χ1n) is 17.5. The zero-order chi connectivity index (χ0) is 35.9. The van der Waals surface area contributed by atoms with Crippen LogP contribution >= 0.6 is 0 Å². The predicted octanol–water partition coefficient (Wildman–Crippen LogP) is 2.26. The summed E-state index contributed by atoms with van der Waals surface area (Å²) in [5, 5.41) is 8.61. The molecule has 0 aromatic carbocycles. The van der Waals surface area contributed by atoms with Gasteiger partial charge < -0.3 is 26.6 Å². The molecule has 0 spiro atoms. The molecule has 2 aliphatic heterocycles. The van der Waals surface area contributed by atoms with Gasteiger partial charge in [-0.05, 0) is 53.3 Å². The zero-order valence-electron chi connectivity index (χ0n) is 29.9. The van der Waals surface area contributed by atoms with Crippen LogP contribution in [0.5, 0.6) is 0 Å². The van der Waals surface area contributed by atoms with E-state index in [9.17, 15) is 33.6 Å². The Balaban J connectivity index is 1.58. The van der Waals surface area contributed by atoms with E-state index in [2.05, 4.69) is 29.8 Å². The van der Waals surface area contributed by atoms with Crippen molar-refractivity contribution in [2.75, 3.05) is 13.1 Å². The van der Waals surface area contributed by atoms with Crippen molar-refractivity contribution in [1.29, 1.82) is 0 Å². The first-order chi connectivity index (χ1) is 22.1. The number of amides is 7. The first kappa shape index (κ1) is 37.3.